The predicted molar refractivity (Wildman–Crippen MR) is 13.3 cm³/mol. The Morgan fingerprint density at radius 3 is 2.25 bits per heavy atom. The van der Waals surface area contributed by atoms with Crippen LogP contribution in [-0.4, -0.2) is 4.79 Å². The van der Waals surface area contributed by atoms with Crippen LogP contribution in [0.1, 0.15) is 0 Å². The Morgan fingerprint density at radius 1 is 2.00 bits per heavy atom. The second-order valence-electron chi connectivity index (χ2n) is 0.144. The van der Waals surface area contributed by atoms with Gasteiger partial charge in [-0.25, -0.2) is 0 Å². The van der Waals surface area contributed by atoms with Crippen molar-refractivity contribution in [3.05, 3.63) is 0 Å². The van der Waals surface area contributed by atoms with E-state index in [0.29, 0.717) is 0 Å². The summed E-state index contributed by atoms with van der Waals surface area (Å²) in [5, 5.41) is 0. The molecular weight excluding hydrogens is 116 g/mol. The van der Waals surface area contributed by atoms with Gasteiger partial charge in [0.2, 0.25) is 0 Å². The third kappa shape index (κ3) is 2.32. The zero-order chi connectivity index (χ0) is 3.41. The second kappa shape index (κ2) is 3.32. The van der Waals surface area contributed by atoms with Gasteiger partial charge in [0.1, 0.15) is 0 Å². The minimum absolute atomic E-state index is 0.0972. The van der Waals surface area contributed by atoms with Crippen LogP contribution in [0.2, 0.25) is 0 Å². The summed E-state index contributed by atoms with van der Waals surface area (Å²) in [4.78, 5) is 10.4. The van der Waals surface area contributed by atoms with Crippen LogP contribution in [0.5, 0.6) is 0 Å². The number of hydrogen-bond donors (Lipinski definition) is 0. The number of hydrogen-bond acceptors (Lipinski definition) is 2. The Hall–Kier alpha value is 0.319. The molecule has 0 bridgehead atoms. The Kier molecular flexibility index (Phi) is 3.58. The Bertz CT molecular complexity index is 58.1. The van der Waals surface area contributed by atoms with Crippen molar-refractivity contribution in [1.82, 2.24) is 0 Å². The van der Waals surface area contributed by atoms with Gasteiger partial charge in [-0.05, 0) is 0 Å². The summed E-state index contributed by atoms with van der Waals surface area (Å²) in [6, 6.07) is 0. The van der Waals surface area contributed by atoms with Crippen LogP contribution in [0.15, 0.2) is 0 Å². The molecule has 0 radical (unpaired) electrons. The molecule has 24 valence electrons. The third-order valence-electron chi connectivity index (χ3n) is 0.0295. The van der Waals surface area contributed by atoms with Gasteiger partial charge in [-0.15, -0.1) is 0 Å². The minimum atomic E-state index is 0.0972. The average Bonchev–Trinajstić information content (AvgIpc) is 1.37. The molecule has 3 heteroatoms. The van der Waals surface area contributed by atoms with E-state index in [9.17, 15) is 0 Å². The Balaban J connectivity index is 3.95. The normalized spacial score (nSPS) is 5.00. The Morgan fingerprint density at radius 2 is 2.25 bits per heavy atom. The van der Waals surface area contributed by atoms with E-state index in [-0.39, 0.29) is 12.9 Å². The first-order valence-electron chi connectivity index (χ1n) is 0.525. The first-order valence-corrected chi connectivity index (χ1v) is 2.72. The first-order chi connectivity index (χ1) is 1.91. The average molecular weight is 116 g/mol. The molecule has 0 aromatic heterocycles. The summed E-state index contributed by atoms with van der Waals surface area (Å²) < 4.78 is 0. The van der Waals surface area contributed by atoms with E-state index in [1.54, 1.807) is 0 Å². The maximum atomic E-state index is 8.94. The van der Waals surface area contributed by atoms with E-state index in [1.165, 1.54) is 4.79 Å². The molecule has 0 fully saturated rings. The van der Waals surface area contributed by atoms with Crippen molar-refractivity contribution in [1.29, 1.82) is 0 Å². The molecular formula is CFeOS. The molecule has 4 heavy (non-hydrogen) atoms. The predicted octanol–water partition coefficient (Wildman–Crippen LogP) is 0.249. The molecule has 0 aliphatic rings. The van der Waals surface area contributed by atoms with Gasteiger partial charge in [0.25, 0.3) is 0 Å². The van der Waals surface area contributed by atoms with E-state index in [0.717, 1.165) is 0 Å². The van der Waals surface area contributed by atoms with Gasteiger partial charge in [0.05, 0.1) is 0 Å². The summed E-state index contributed by atoms with van der Waals surface area (Å²) in [6.07, 6.45) is 0. The van der Waals surface area contributed by atoms with Crippen LogP contribution in [-0.2, 0) is 17.7 Å². The fourth-order valence-electron chi connectivity index (χ4n) is 0. The van der Waals surface area contributed by atoms with Gasteiger partial charge in [-0.3, -0.25) is 0 Å². The number of rotatable bonds is 0. The van der Waals surface area contributed by atoms with Crippen molar-refractivity contribution in [2.75, 3.05) is 0 Å². The molecule has 0 heterocycles. The van der Waals surface area contributed by atoms with Crippen molar-refractivity contribution in [2.45, 2.75) is 0 Å². The molecule has 0 rings (SSSR count). The van der Waals surface area contributed by atoms with E-state index in [2.05, 4.69) is 10.6 Å². The third-order valence-corrected chi connectivity index (χ3v) is 0.364. The molecule has 0 unspecified atom stereocenters. The number of carbonyl (C=O) groups excluding carboxylic acids is 1. The molecule has 0 aromatic rings. The topological polar surface area (TPSA) is 17.1 Å². The molecule has 1 nitrogen and oxygen atoms in total. The molecule has 0 aromatic carbocycles. The summed E-state index contributed by atoms with van der Waals surface area (Å²) in [5.41, 5.74) is 0. The first kappa shape index (κ1) is 4.32. The van der Waals surface area contributed by atoms with Crippen LogP contribution < -0.4 is 0 Å². The zero-order valence-electron chi connectivity index (χ0n) is 1.67. The van der Waals surface area contributed by atoms with E-state index in [1.807, 2.05) is 0 Å². The summed E-state index contributed by atoms with van der Waals surface area (Å²) >= 11 is 0.0972. The zero-order valence-corrected chi connectivity index (χ0v) is 3.59. The van der Waals surface area contributed by atoms with Crippen molar-refractivity contribution in [3.63, 3.8) is 0 Å². The molecule has 0 spiro atoms. The Labute approximate surface area is 33.6 Å². The molecule has 0 saturated heterocycles. The van der Waals surface area contributed by atoms with E-state index >= 15 is 0 Å². The fourth-order valence-corrected chi connectivity index (χ4v) is 0. The van der Waals surface area contributed by atoms with Gasteiger partial charge in [0.15, 0.2) is 0 Å². The second-order valence-corrected chi connectivity index (χ2v) is 1.19. The van der Waals surface area contributed by atoms with Crippen LogP contribution >= 0.6 is 10.6 Å². The molecule has 0 saturated carbocycles. The van der Waals surface area contributed by atoms with Crippen LogP contribution in [0, 0.1) is 0 Å². The summed E-state index contributed by atoms with van der Waals surface area (Å²) in [6.45, 7) is 0. The van der Waals surface area contributed by atoms with Gasteiger partial charge in [-0.1, -0.05) is 0 Å². The molecule has 0 amide bonds. The standard InChI is InChI=1S/CO.Fe.S/c1-2;;. The quantitative estimate of drug-likeness (QED) is 0.422. The van der Waals surface area contributed by atoms with Gasteiger partial charge < -0.3 is 0 Å². The monoisotopic (exact) mass is 116 g/mol. The molecule has 0 aliphatic heterocycles. The van der Waals surface area contributed by atoms with Crippen molar-refractivity contribution in [3.8, 4) is 0 Å². The van der Waals surface area contributed by atoms with Crippen molar-refractivity contribution in [2.24, 2.45) is 0 Å². The van der Waals surface area contributed by atoms with Gasteiger partial charge in [-0.2, -0.15) is 0 Å². The fraction of sp³-hybridized carbons (Fsp3) is 0. The van der Waals surface area contributed by atoms with Crippen LogP contribution in [0.4, 0.5) is 0 Å². The van der Waals surface area contributed by atoms with E-state index < -0.39 is 0 Å². The molecule has 0 N–H and O–H groups in total. The molecule has 0 atom stereocenters. The van der Waals surface area contributed by atoms with Crippen LogP contribution in [0.25, 0.3) is 0 Å². The van der Waals surface area contributed by atoms with Crippen LogP contribution in [0.3, 0.4) is 0 Å². The summed E-state index contributed by atoms with van der Waals surface area (Å²) in [7, 11) is 4.13. The van der Waals surface area contributed by atoms with Crippen molar-refractivity contribution < 1.29 is 17.7 Å². The molecule has 0 aliphatic carbocycles. The maximum absolute atomic E-state index is 8.94. The van der Waals surface area contributed by atoms with Gasteiger partial charge >= 0.3 is 33.0 Å². The summed E-state index contributed by atoms with van der Waals surface area (Å²) in [5.74, 6) is 0. The van der Waals surface area contributed by atoms with Crippen molar-refractivity contribution >= 4 is 15.3 Å². The van der Waals surface area contributed by atoms with E-state index in [4.69, 9.17) is 4.79 Å². The van der Waals surface area contributed by atoms with Gasteiger partial charge in [0, 0.05) is 0 Å². The SMILES string of the molecule is O=[C]=[Fe]=[S].